The molecule has 0 aromatic heterocycles. The first kappa shape index (κ1) is 5.44. The monoisotopic (exact) mass is 202 g/mol. The standard InChI is InChI=1S/C6H8.Sb.H/c1-4-6(3)5-2;;/h1,4H,2-3H3;;. The van der Waals surface area contributed by atoms with Gasteiger partial charge >= 0.3 is 54.7 Å². The third-order valence-corrected chi connectivity index (χ3v) is 4.54. The van der Waals surface area contributed by atoms with Gasteiger partial charge in [-0.1, -0.05) is 0 Å². The SMILES string of the molecule is CC1=[C](C)[SbH][CH]=C1. The number of allylic oxidation sites excluding steroid dienone is 3. The molecule has 0 aliphatic carbocycles. The summed E-state index contributed by atoms with van der Waals surface area (Å²) < 4.78 is 4.05. The minimum absolute atomic E-state index is 0.117. The Bertz CT molecular complexity index is 131. The molecule has 0 N–H and O–H groups in total. The van der Waals surface area contributed by atoms with Crippen molar-refractivity contribution in [3.05, 3.63) is 19.2 Å². The molecule has 1 rings (SSSR count). The third kappa shape index (κ3) is 1.10. The van der Waals surface area contributed by atoms with Crippen LogP contribution in [0.1, 0.15) is 13.8 Å². The molecule has 0 fully saturated rings. The quantitative estimate of drug-likeness (QED) is 0.519. The third-order valence-electron chi connectivity index (χ3n) is 1.22. The second kappa shape index (κ2) is 2.04. The van der Waals surface area contributed by atoms with E-state index in [4.69, 9.17) is 0 Å². The van der Waals surface area contributed by atoms with Crippen LogP contribution in [0.15, 0.2) is 19.2 Å². The fourth-order valence-electron chi connectivity index (χ4n) is 0.531. The van der Waals surface area contributed by atoms with Crippen LogP contribution in [0, 0.1) is 0 Å². The number of hydrogen-bond acceptors (Lipinski definition) is 0. The van der Waals surface area contributed by atoms with E-state index in [-0.39, 0.29) is 21.6 Å². The van der Waals surface area contributed by atoms with Crippen molar-refractivity contribution in [2.24, 2.45) is 0 Å². The molecule has 7 heavy (non-hydrogen) atoms. The molecule has 38 valence electrons. The van der Waals surface area contributed by atoms with Crippen molar-refractivity contribution >= 4 is 21.6 Å². The van der Waals surface area contributed by atoms with E-state index in [9.17, 15) is 0 Å². The van der Waals surface area contributed by atoms with Gasteiger partial charge in [-0.05, 0) is 0 Å². The van der Waals surface area contributed by atoms with Crippen molar-refractivity contribution in [1.29, 1.82) is 0 Å². The molecule has 0 bridgehead atoms. The van der Waals surface area contributed by atoms with E-state index in [0.29, 0.717) is 0 Å². The Morgan fingerprint density at radius 3 is 2.29 bits per heavy atom. The van der Waals surface area contributed by atoms with Crippen LogP contribution in [0.4, 0.5) is 0 Å². The Balaban J connectivity index is 2.79. The zero-order valence-corrected chi connectivity index (χ0v) is 7.51. The molecule has 1 aliphatic rings. The van der Waals surface area contributed by atoms with E-state index in [1.165, 1.54) is 5.57 Å². The first-order chi connectivity index (χ1) is 3.30. The van der Waals surface area contributed by atoms with Gasteiger partial charge in [0.15, 0.2) is 0 Å². The van der Waals surface area contributed by atoms with E-state index in [2.05, 4.69) is 23.9 Å². The number of hydrogen-bond donors (Lipinski definition) is 0. The van der Waals surface area contributed by atoms with Crippen molar-refractivity contribution in [2.45, 2.75) is 13.8 Å². The van der Waals surface area contributed by atoms with Crippen molar-refractivity contribution < 1.29 is 0 Å². The molecule has 0 saturated carbocycles. The summed E-state index contributed by atoms with van der Waals surface area (Å²) in [6.45, 7) is 4.45. The van der Waals surface area contributed by atoms with Crippen molar-refractivity contribution in [1.82, 2.24) is 0 Å². The summed E-state index contributed by atoms with van der Waals surface area (Å²) in [7, 11) is 0. The minimum atomic E-state index is -0.117. The average Bonchev–Trinajstić information content (AvgIpc) is 1.91. The fraction of sp³-hybridized carbons (Fsp3) is 0.333. The van der Waals surface area contributed by atoms with Gasteiger partial charge in [0.25, 0.3) is 0 Å². The Morgan fingerprint density at radius 1 is 1.43 bits per heavy atom. The van der Waals surface area contributed by atoms with Gasteiger partial charge in [0.1, 0.15) is 0 Å². The zero-order chi connectivity index (χ0) is 5.28. The Kier molecular flexibility index (Phi) is 1.59. The van der Waals surface area contributed by atoms with Crippen LogP contribution >= 0.6 is 0 Å². The summed E-state index contributed by atoms with van der Waals surface area (Å²) >= 11 is -0.117. The molecule has 0 unspecified atom stereocenters. The van der Waals surface area contributed by atoms with Crippen LogP contribution in [-0.4, -0.2) is 21.6 Å². The van der Waals surface area contributed by atoms with Gasteiger partial charge in [0.2, 0.25) is 0 Å². The van der Waals surface area contributed by atoms with E-state index in [0.717, 1.165) is 0 Å². The molecule has 0 aromatic rings. The van der Waals surface area contributed by atoms with Gasteiger partial charge in [-0.2, -0.15) is 0 Å². The van der Waals surface area contributed by atoms with Gasteiger partial charge in [0.05, 0.1) is 0 Å². The predicted molar refractivity (Wildman–Crippen MR) is 34.7 cm³/mol. The average molecular weight is 203 g/mol. The van der Waals surface area contributed by atoms with Gasteiger partial charge in [-0.25, -0.2) is 0 Å². The summed E-state index contributed by atoms with van der Waals surface area (Å²) in [4.78, 5) is 0. The molecular formula is C6H9Sb. The summed E-state index contributed by atoms with van der Waals surface area (Å²) in [5.74, 6) is 0. The molecule has 1 heteroatoms. The maximum atomic E-state index is 2.37. The zero-order valence-electron chi connectivity index (χ0n) is 4.65. The van der Waals surface area contributed by atoms with Crippen molar-refractivity contribution in [2.75, 3.05) is 0 Å². The van der Waals surface area contributed by atoms with Crippen LogP contribution in [0.2, 0.25) is 0 Å². The van der Waals surface area contributed by atoms with Crippen LogP contribution < -0.4 is 0 Å². The Hall–Kier alpha value is 0.298. The van der Waals surface area contributed by atoms with E-state index >= 15 is 0 Å². The molecule has 1 aliphatic heterocycles. The van der Waals surface area contributed by atoms with Crippen LogP contribution in [-0.2, 0) is 0 Å². The molecule has 0 radical (unpaired) electrons. The molecule has 0 saturated heterocycles. The second-order valence-electron chi connectivity index (χ2n) is 1.79. The molecule has 0 spiro atoms. The van der Waals surface area contributed by atoms with Crippen LogP contribution in [0.3, 0.4) is 0 Å². The molecule has 0 nitrogen and oxygen atoms in total. The maximum absolute atomic E-state index is 2.37. The van der Waals surface area contributed by atoms with Gasteiger partial charge in [-0.3, -0.25) is 0 Å². The number of rotatable bonds is 0. The second-order valence-corrected chi connectivity index (χ2v) is 5.70. The van der Waals surface area contributed by atoms with Gasteiger partial charge < -0.3 is 0 Å². The molecule has 0 amide bonds. The molecule has 0 atom stereocenters. The van der Waals surface area contributed by atoms with E-state index in [1.54, 1.807) is 3.52 Å². The van der Waals surface area contributed by atoms with Crippen molar-refractivity contribution in [3.8, 4) is 0 Å². The van der Waals surface area contributed by atoms with Crippen LogP contribution in [0.25, 0.3) is 0 Å². The summed E-state index contributed by atoms with van der Waals surface area (Å²) in [6.07, 6.45) is 2.25. The van der Waals surface area contributed by atoms with Crippen molar-refractivity contribution in [3.63, 3.8) is 0 Å². The van der Waals surface area contributed by atoms with E-state index in [1.807, 2.05) is 0 Å². The molecular weight excluding hydrogens is 194 g/mol. The van der Waals surface area contributed by atoms with Gasteiger partial charge in [0, 0.05) is 0 Å². The first-order valence-electron chi connectivity index (χ1n) is 2.41. The normalized spacial score (nSPS) is 19.1. The predicted octanol–water partition coefficient (Wildman–Crippen LogP) is 1.24. The Labute approximate surface area is 54.8 Å². The van der Waals surface area contributed by atoms with Gasteiger partial charge in [-0.15, -0.1) is 0 Å². The molecule has 1 heterocycles. The summed E-state index contributed by atoms with van der Waals surface area (Å²) in [6, 6.07) is 0. The summed E-state index contributed by atoms with van der Waals surface area (Å²) in [5.41, 5.74) is 1.52. The first-order valence-corrected chi connectivity index (χ1v) is 5.49. The fourth-order valence-corrected chi connectivity index (χ4v) is 3.08. The molecule has 0 aromatic carbocycles. The van der Waals surface area contributed by atoms with Crippen LogP contribution in [0.5, 0.6) is 0 Å². The topological polar surface area (TPSA) is 0 Å². The Morgan fingerprint density at radius 2 is 2.14 bits per heavy atom. The van der Waals surface area contributed by atoms with E-state index < -0.39 is 0 Å². The summed E-state index contributed by atoms with van der Waals surface area (Å²) in [5, 5.41) is 0.